The Balaban J connectivity index is 5.24. The van der Waals surface area contributed by atoms with Crippen LogP contribution in [0.1, 0.15) is 395 Å². The highest BCUT2D eigenvalue weighted by molar-refractivity contribution is 7.47. The lowest BCUT2D eigenvalue weighted by atomic mass is 9.99. The van der Waals surface area contributed by atoms with Crippen molar-refractivity contribution in [2.45, 2.75) is 413 Å². The molecule has 0 radical (unpaired) electrons. The lowest BCUT2D eigenvalue weighted by molar-refractivity contribution is -0.161. The van der Waals surface area contributed by atoms with Gasteiger partial charge in [0.15, 0.2) is 12.2 Å². The molecule has 3 unspecified atom stereocenters. The van der Waals surface area contributed by atoms with Gasteiger partial charge in [0.05, 0.1) is 26.4 Å². The van der Waals surface area contributed by atoms with E-state index >= 15 is 0 Å². The van der Waals surface area contributed by atoms with Gasteiger partial charge in [-0.3, -0.25) is 37.3 Å². The fourth-order valence-electron chi connectivity index (χ4n) is 11.6. The van der Waals surface area contributed by atoms with Crippen LogP contribution in [0.3, 0.4) is 0 Å². The number of hydrogen-bond donors (Lipinski definition) is 3. The van der Waals surface area contributed by atoms with Crippen LogP contribution in [0.5, 0.6) is 0 Å². The SMILES string of the molecule is CCCCCCCCCCCCCCCC(=O)O[C@H](COC(=O)CCCCCCCCCCCC)COP(=O)(O)OC[C@H](O)COP(=O)(O)OC[C@@H](COC(=O)CCCCCCCCCCCCCC(C)C)OC(=O)CCCCCCCCCCCCCCCCC(C)CC. The second-order valence-corrected chi connectivity index (χ2v) is 31.0. The molecule has 0 aromatic heterocycles. The van der Waals surface area contributed by atoms with Crippen LogP contribution in [0.25, 0.3) is 0 Å². The van der Waals surface area contributed by atoms with Crippen LogP contribution < -0.4 is 0 Å². The minimum atomic E-state index is -4.96. The molecule has 95 heavy (non-hydrogen) atoms. The summed E-state index contributed by atoms with van der Waals surface area (Å²) in [5, 5.41) is 10.6. The standard InChI is InChI=1S/C76H148O17P2/c1-7-10-12-14-16-18-20-23-29-36-42-48-54-60-75(80)92-71(64-86-73(78)58-52-46-40-34-19-17-15-13-11-8-2)66-90-94(82,83)88-62-70(77)63-89-95(84,85)91-67-72(65-87-74(79)59-53-47-41-35-31-26-27-32-38-44-50-56-68(4)5)93-76(81)61-55-49-43-37-30-25-22-21-24-28-33-39-45-51-57-69(6)9-3/h68-72,77H,7-67H2,1-6H3,(H,82,83)(H,84,85)/t69?,70-,71+,72+/m0/s1. The van der Waals surface area contributed by atoms with E-state index in [1.165, 1.54) is 212 Å². The minimum Gasteiger partial charge on any atom is -0.462 e. The molecule has 19 heteroatoms. The Bertz CT molecular complexity index is 1840. The molecule has 0 rings (SSSR count). The Labute approximate surface area is 581 Å². The summed E-state index contributed by atoms with van der Waals surface area (Å²) in [5.74, 6) is -0.497. The summed E-state index contributed by atoms with van der Waals surface area (Å²) in [6.45, 7) is 9.65. The number of rotatable bonds is 75. The summed E-state index contributed by atoms with van der Waals surface area (Å²) in [7, 11) is -9.91. The Hall–Kier alpha value is -1.94. The molecule has 0 aliphatic heterocycles. The molecule has 6 atom stereocenters. The number of phosphoric ester groups is 2. The van der Waals surface area contributed by atoms with Gasteiger partial charge in [-0.15, -0.1) is 0 Å². The molecule has 0 saturated heterocycles. The predicted octanol–water partition coefficient (Wildman–Crippen LogP) is 22.3. The van der Waals surface area contributed by atoms with Crippen LogP contribution in [0.15, 0.2) is 0 Å². The highest BCUT2D eigenvalue weighted by Crippen LogP contribution is 2.45. The number of aliphatic hydroxyl groups is 1. The van der Waals surface area contributed by atoms with Gasteiger partial charge >= 0.3 is 39.5 Å². The van der Waals surface area contributed by atoms with Crippen molar-refractivity contribution in [2.24, 2.45) is 11.8 Å². The molecule has 0 aliphatic rings. The summed E-state index contributed by atoms with van der Waals surface area (Å²) in [4.78, 5) is 72.8. The first-order valence-corrected chi connectivity index (χ1v) is 42.5. The number of phosphoric acid groups is 2. The van der Waals surface area contributed by atoms with Crippen molar-refractivity contribution >= 4 is 39.5 Å². The van der Waals surface area contributed by atoms with Crippen molar-refractivity contribution in [3.8, 4) is 0 Å². The van der Waals surface area contributed by atoms with Gasteiger partial charge in [-0.2, -0.15) is 0 Å². The molecule has 0 heterocycles. The average Bonchev–Trinajstić information content (AvgIpc) is 1.59. The summed E-state index contributed by atoms with van der Waals surface area (Å²) in [5.41, 5.74) is 0. The molecular weight excluding hydrogens is 1250 g/mol. The molecule has 0 bridgehead atoms. The minimum absolute atomic E-state index is 0.108. The first-order valence-electron chi connectivity index (χ1n) is 39.5. The van der Waals surface area contributed by atoms with E-state index in [4.69, 9.17) is 37.0 Å². The zero-order valence-electron chi connectivity index (χ0n) is 62.0. The van der Waals surface area contributed by atoms with Gasteiger partial charge in [-0.1, -0.05) is 343 Å². The van der Waals surface area contributed by atoms with Crippen LogP contribution in [-0.2, 0) is 65.4 Å². The molecular formula is C76H148O17P2. The average molecular weight is 1400 g/mol. The molecule has 17 nitrogen and oxygen atoms in total. The summed E-state index contributed by atoms with van der Waals surface area (Å²) < 4.78 is 68.5. The van der Waals surface area contributed by atoms with Gasteiger partial charge in [0.2, 0.25) is 0 Å². The van der Waals surface area contributed by atoms with Crippen LogP contribution in [0.4, 0.5) is 0 Å². The Kier molecular flexibility index (Phi) is 66.5. The van der Waals surface area contributed by atoms with Crippen LogP contribution in [0, 0.1) is 11.8 Å². The molecule has 3 N–H and O–H groups in total. The lowest BCUT2D eigenvalue weighted by Crippen LogP contribution is -2.30. The fourth-order valence-corrected chi connectivity index (χ4v) is 13.2. The van der Waals surface area contributed by atoms with Gasteiger partial charge in [0, 0.05) is 25.7 Å². The number of unbranched alkanes of at least 4 members (excludes halogenated alkanes) is 44. The number of hydrogen-bond acceptors (Lipinski definition) is 15. The van der Waals surface area contributed by atoms with Gasteiger partial charge in [-0.05, 0) is 37.5 Å². The van der Waals surface area contributed by atoms with Gasteiger partial charge in [0.25, 0.3) is 0 Å². The van der Waals surface area contributed by atoms with E-state index < -0.39 is 97.5 Å². The predicted molar refractivity (Wildman–Crippen MR) is 386 cm³/mol. The Morgan fingerprint density at radius 1 is 0.305 bits per heavy atom. The number of aliphatic hydroxyl groups excluding tert-OH is 1. The van der Waals surface area contributed by atoms with Crippen molar-refractivity contribution in [1.29, 1.82) is 0 Å². The van der Waals surface area contributed by atoms with Crippen molar-refractivity contribution in [2.75, 3.05) is 39.6 Å². The van der Waals surface area contributed by atoms with E-state index in [1.807, 2.05) is 0 Å². The zero-order valence-corrected chi connectivity index (χ0v) is 63.8. The van der Waals surface area contributed by atoms with E-state index in [1.54, 1.807) is 0 Å². The van der Waals surface area contributed by atoms with Gasteiger partial charge in [-0.25, -0.2) is 9.13 Å². The number of carbonyl (C=O) groups excluding carboxylic acids is 4. The maximum Gasteiger partial charge on any atom is 0.472 e. The maximum atomic E-state index is 13.1. The van der Waals surface area contributed by atoms with E-state index in [2.05, 4.69) is 41.5 Å². The van der Waals surface area contributed by atoms with Crippen molar-refractivity contribution < 1.29 is 80.2 Å². The van der Waals surface area contributed by atoms with Crippen LogP contribution >= 0.6 is 15.6 Å². The van der Waals surface area contributed by atoms with Crippen molar-refractivity contribution in [1.82, 2.24) is 0 Å². The van der Waals surface area contributed by atoms with Crippen LogP contribution in [0.2, 0.25) is 0 Å². The van der Waals surface area contributed by atoms with Gasteiger partial charge in [0.1, 0.15) is 19.3 Å². The number of ether oxygens (including phenoxy) is 4. The highest BCUT2D eigenvalue weighted by Gasteiger charge is 2.30. The second-order valence-electron chi connectivity index (χ2n) is 28.1. The molecule has 0 saturated carbocycles. The highest BCUT2D eigenvalue weighted by atomic mass is 31.2. The molecule has 0 aliphatic carbocycles. The summed E-state index contributed by atoms with van der Waals surface area (Å²) in [6, 6.07) is 0. The van der Waals surface area contributed by atoms with E-state index in [0.717, 1.165) is 102 Å². The van der Waals surface area contributed by atoms with Gasteiger partial charge < -0.3 is 33.8 Å². The zero-order chi connectivity index (χ0) is 70.0. The number of carbonyl (C=O) groups is 4. The first-order chi connectivity index (χ1) is 45.9. The molecule has 564 valence electrons. The largest absolute Gasteiger partial charge is 0.472 e. The number of esters is 4. The molecule has 0 amide bonds. The lowest BCUT2D eigenvalue weighted by Gasteiger charge is -2.21. The monoisotopic (exact) mass is 1400 g/mol. The molecule has 0 fully saturated rings. The summed E-state index contributed by atoms with van der Waals surface area (Å²) >= 11 is 0. The fraction of sp³-hybridized carbons (Fsp3) is 0.947. The normalized spacial score (nSPS) is 14.3. The molecule has 0 aromatic rings. The topological polar surface area (TPSA) is 237 Å². The van der Waals surface area contributed by atoms with Crippen LogP contribution in [-0.4, -0.2) is 96.7 Å². The quantitative estimate of drug-likeness (QED) is 0.0222. The molecule has 0 spiro atoms. The third kappa shape index (κ3) is 69.0. The Morgan fingerprint density at radius 2 is 0.537 bits per heavy atom. The first kappa shape index (κ1) is 93.1. The molecule has 0 aromatic carbocycles. The van der Waals surface area contributed by atoms with E-state index in [0.29, 0.717) is 25.7 Å². The Morgan fingerprint density at radius 3 is 0.800 bits per heavy atom. The third-order valence-electron chi connectivity index (χ3n) is 18.1. The third-order valence-corrected chi connectivity index (χ3v) is 20.0. The van der Waals surface area contributed by atoms with E-state index in [-0.39, 0.29) is 25.7 Å². The summed E-state index contributed by atoms with van der Waals surface area (Å²) in [6.07, 6.45) is 55.3. The second kappa shape index (κ2) is 67.9. The smallest absolute Gasteiger partial charge is 0.462 e. The van der Waals surface area contributed by atoms with E-state index in [9.17, 15) is 43.2 Å². The maximum absolute atomic E-state index is 13.1. The van der Waals surface area contributed by atoms with Crippen molar-refractivity contribution in [3.63, 3.8) is 0 Å². The van der Waals surface area contributed by atoms with Crippen molar-refractivity contribution in [3.05, 3.63) is 0 Å².